The molecule has 1 aromatic carbocycles. The van der Waals surface area contributed by atoms with Crippen LogP contribution < -0.4 is 0 Å². The Balaban J connectivity index is 1.36. The molecule has 8 heteroatoms. The maximum atomic E-state index is 13.0. The highest BCUT2D eigenvalue weighted by molar-refractivity contribution is 7.09. The molecule has 1 amide bonds. The maximum Gasteiger partial charge on any atom is 0.274 e. The van der Waals surface area contributed by atoms with Crippen molar-refractivity contribution in [2.24, 2.45) is 0 Å². The van der Waals surface area contributed by atoms with Gasteiger partial charge in [-0.1, -0.05) is 12.1 Å². The summed E-state index contributed by atoms with van der Waals surface area (Å²) in [5, 5.41) is 10.2. The molecule has 1 N–H and O–H groups in total. The summed E-state index contributed by atoms with van der Waals surface area (Å²) in [7, 11) is 0. The summed E-state index contributed by atoms with van der Waals surface area (Å²) in [4.78, 5) is 23.7. The number of hydrogen-bond acceptors (Lipinski definition) is 5. The molecule has 0 saturated carbocycles. The second-order valence-corrected chi connectivity index (χ2v) is 7.59. The summed E-state index contributed by atoms with van der Waals surface area (Å²) < 4.78 is 2.05. The Morgan fingerprint density at radius 1 is 1.30 bits per heavy atom. The van der Waals surface area contributed by atoms with Gasteiger partial charge in [0.05, 0.1) is 35.6 Å². The molecule has 0 spiro atoms. The fourth-order valence-electron chi connectivity index (χ4n) is 3.68. The minimum absolute atomic E-state index is 0.0364. The van der Waals surface area contributed by atoms with E-state index in [-0.39, 0.29) is 11.9 Å². The van der Waals surface area contributed by atoms with E-state index in [0.29, 0.717) is 12.2 Å². The summed E-state index contributed by atoms with van der Waals surface area (Å²) in [6, 6.07) is 9.90. The van der Waals surface area contributed by atoms with Crippen LogP contribution in [0.3, 0.4) is 0 Å². The Kier molecular flexibility index (Phi) is 3.97. The van der Waals surface area contributed by atoms with E-state index < -0.39 is 0 Å². The van der Waals surface area contributed by atoms with Crippen LogP contribution in [-0.4, -0.2) is 42.1 Å². The largest absolute Gasteiger partial charge is 0.328 e. The number of benzene rings is 1. The average Bonchev–Trinajstić information content (AvgIpc) is 3.47. The lowest BCUT2D eigenvalue weighted by atomic mass is 10.2. The molecule has 0 radical (unpaired) electrons. The van der Waals surface area contributed by atoms with E-state index in [9.17, 15) is 4.79 Å². The molecular weight excluding hydrogens is 360 g/mol. The van der Waals surface area contributed by atoms with Gasteiger partial charge in [-0.3, -0.25) is 9.89 Å². The molecule has 1 atom stereocenters. The third kappa shape index (κ3) is 2.91. The number of amides is 1. The number of likely N-dealkylation sites (tertiary alicyclic amines) is 1. The van der Waals surface area contributed by atoms with Crippen molar-refractivity contribution in [3.05, 3.63) is 64.6 Å². The van der Waals surface area contributed by atoms with Gasteiger partial charge in [0.1, 0.15) is 10.7 Å². The van der Waals surface area contributed by atoms with E-state index in [1.54, 1.807) is 17.5 Å². The number of carbonyl (C=O) groups is 1. The quantitative estimate of drug-likeness (QED) is 0.591. The van der Waals surface area contributed by atoms with Crippen molar-refractivity contribution in [3.63, 3.8) is 0 Å². The second-order valence-electron chi connectivity index (χ2n) is 6.67. The predicted molar refractivity (Wildman–Crippen MR) is 103 cm³/mol. The van der Waals surface area contributed by atoms with Crippen molar-refractivity contribution in [2.45, 2.75) is 25.4 Å². The number of para-hydroxylation sites is 2. The molecule has 5 rings (SSSR count). The molecule has 7 nitrogen and oxygen atoms in total. The van der Waals surface area contributed by atoms with Crippen LogP contribution in [0.5, 0.6) is 0 Å². The minimum Gasteiger partial charge on any atom is -0.328 e. The molecule has 0 bridgehead atoms. The summed E-state index contributed by atoms with van der Waals surface area (Å²) in [6.45, 7) is 1.34. The van der Waals surface area contributed by atoms with Gasteiger partial charge in [-0.25, -0.2) is 9.97 Å². The highest BCUT2D eigenvalue weighted by Crippen LogP contribution is 2.33. The van der Waals surface area contributed by atoms with E-state index in [1.807, 2.05) is 51.5 Å². The van der Waals surface area contributed by atoms with Crippen molar-refractivity contribution < 1.29 is 4.79 Å². The third-order valence-electron chi connectivity index (χ3n) is 4.97. The zero-order valence-electron chi connectivity index (χ0n) is 14.6. The molecule has 0 unspecified atom stereocenters. The minimum atomic E-state index is -0.0364. The highest BCUT2D eigenvalue weighted by atomic mass is 32.1. The van der Waals surface area contributed by atoms with E-state index in [2.05, 4.69) is 20.2 Å². The van der Waals surface area contributed by atoms with Crippen molar-refractivity contribution in [2.75, 3.05) is 6.54 Å². The van der Waals surface area contributed by atoms with E-state index in [4.69, 9.17) is 0 Å². The van der Waals surface area contributed by atoms with Gasteiger partial charge in [0.15, 0.2) is 0 Å². The van der Waals surface area contributed by atoms with Gasteiger partial charge < -0.3 is 9.47 Å². The Morgan fingerprint density at radius 3 is 3.11 bits per heavy atom. The summed E-state index contributed by atoms with van der Waals surface area (Å²) in [5.41, 5.74) is 3.35. The van der Waals surface area contributed by atoms with Gasteiger partial charge in [0.2, 0.25) is 0 Å². The van der Waals surface area contributed by atoms with Crippen LogP contribution in [0.25, 0.3) is 11.0 Å². The Morgan fingerprint density at radius 2 is 2.22 bits per heavy atom. The number of aromatic nitrogens is 5. The molecule has 27 heavy (non-hydrogen) atoms. The van der Waals surface area contributed by atoms with Gasteiger partial charge >= 0.3 is 0 Å². The first kappa shape index (κ1) is 16.2. The third-order valence-corrected chi connectivity index (χ3v) is 5.85. The van der Waals surface area contributed by atoms with E-state index in [0.717, 1.165) is 41.1 Å². The molecule has 136 valence electrons. The molecule has 0 aliphatic carbocycles. The lowest BCUT2D eigenvalue weighted by Gasteiger charge is -2.21. The predicted octanol–water partition coefficient (Wildman–Crippen LogP) is 3.24. The van der Waals surface area contributed by atoms with Crippen LogP contribution >= 0.6 is 11.3 Å². The van der Waals surface area contributed by atoms with Crippen LogP contribution in [0.15, 0.2) is 48.2 Å². The standard InChI is InChI=1S/C19H18N6OS/c26-19(25-8-3-6-17(25)18-20-7-9-27-18)15-10-13(22-23-15)11-24-12-21-14-4-1-2-5-16(14)24/h1-2,4-5,7,9-10,12,17H,3,6,8,11H2,(H,22,23)/t17-/m0/s1. The number of aromatic amines is 1. The van der Waals surface area contributed by atoms with Crippen LogP contribution in [0.1, 0.15) is 40.1 Å². The Labute approximate surface area is 159 Å². The normalized spacial score (nSPS) is 17.0. The van der Waals surface area contributed by atoms with Crippen LogP contribution in [0, 0.1) is 0 Å². The van der Waals surface area contributed by atoms with Crippen molar-refractivity contribution >= 4 is 28.3 Å². The Hall–Kier alpha value is -3.00. The monoisotopic (exact) mass is 378 g/mol. The number of hydrogen-bond donors (Lipinski definition) is 1. The lowest BCUT2D eigenvalue weighted by Crippen LogP contribution is -2.30. The van der Waals surface area contributed by atoms with Gasteiger partial charge in [0.25, 0.3) is 5.91 Å². The second kappa shape index (κ2) is 6.62. The number of H-pyrrole nitrogens is 1. The number of fused-ring (bicyclic) bond motifs is 1. The number of carbonyl (C=O) groups excluding carboxylic acids is 1. The van der Waals surface area contributed by atoms with Crippen LogP contribution in [-0.2, 0) is 6.54 Å². The zero-order valence-corrected chi connectivity index (χ0v) is 15.4. The smallest absolute Gasteiger partial charge is 0.274 e. The van der Waals surface area contributed by atoms with Gasteiger partial charge in [0, 0.05) is 18.1 Å². The van der Waals surface area contributed by atoms with Crippen molar-refractivity contribution in [1.29, 1.82) is 0 Å². The average molecular weight is 378 g/mol. The highest BCUT2D eigenvalue weighted by Gasteiger charge is 2.33. The fraction of sp³-hybridized carbons (Fsp3) is 0.263. The molecule has 1 fully saturated rings. The molecule has 3 aromatic heterocycles. The van der Waals surface area contributed by atoms with Crippen molar-refractivity contribution in [3.8, 4) is 0 Å². The number of nitrogens with one attached hydrogen (secondary N) is 1. The SMILES string of the molecule is O=C(c1cc(Cn2cnc3ccccc32)[nH]n1)N1CCC[C@H]1c1nccs1. The summed E-state index contributed by atoms with van der Waals surface area (Å²) in [6.07, 6.45) is 5.56. The number of rotatable bonds is 4. The first-order chi connectivity index (χ1) is 13.3. The van der Waals surface area contributed by atoms with Crippen molar-refractivity contribution in [1.82, 2.24) is 29.6 Å². The molecule has 4 heterocycles. The number of imidazole rings is 1. The molecule has 1 aliphatic heterocycles. The topological polar surface area (TPSA) is 79.7 Å². The van der Waals surface area contributed by atoms with Crippen LogP contribution in [0.4, 0.5) is 0 Å². The van der Waals surface area contributed by atoms with Gasteiger partial charge in [-0.15, -0.1) is 11.3 Å². The Bertz CT molecular complexity index is 1080. The molecular formula is C19H18N6OS. The number of nitrogens with zero attached hydrogens (tertiary/aromatic N) is 5. The zero-order chi connectivity index (χ0) is 18.2. The molecule has 1 aliphatic rings. The van der Waals surface area contributed by atoms with Crippen LogP contribution in [0.2, 0.25) is 0 Å². The summed E-state index contributed by atoms with van der Waals surface area (Å²) >= 11 is 1.60. The van der Waals surface area contributed by atoms with E-state index in [1.165, 1.54) is 0 Å². The molecule has 1 saturated heterocycles. The lowest BCUT2D eigenvalue weighted by molar-refractivity contribution is 0.0729. The maximum absolute atomic E-state index is 13.0. The first-order valence-corrected chi connectivity index (χ1v) is 9.82. The fourth-order valence-corrected chi connectivity index (χ4v) is 4.47. The molecule has 4 aromatic rings. The van der Waals surface area contributed by atoms with Gasteiger partial charge in [-0.2, -0.15) is 5.10 Å². The number of thiazole rings is 1. The van der Waals surface area contributed by atoms with E-state index >= 15 is 0 Å². The first-order valence-electron chi connectivity index (χ1n) is 8.94. The van der Waals surface area contributed by atoms with Gasteiger partial charge in [-0.05, 0) is 31.0 Å². The summed E-state index contributed by atoms with van der Waals surface area (Å²) in [5.74, 6) is -0.0364.